The van der Waals surface area contributed by atoms with Crippen LogP contribution in [0.3, 0.4) is 0 Å². The van der Waals surface area contributed by atoms with Gasteiger partial charge in [-0.05, 0) is 31.7 Å². The fourth-order valence-electron chi connectivity index (χ4n) is 1.17. The molecule has 1 rings (SSSR count). The van der Waals surface area contributed by atoms with Gasteiger partial charge in [0.05, 0.1) is 0 Å². The third kappa shape index (κ3) is 2.79. The molecule has 1 N–H and O–H groups in total. The third-order valence-electron chi connectivity index (χ3n) is 2.11. The van der Waals surface area contributed by atoms with Gasteiger partial charge in [-0.1, -0.05) is 18.1 Å². The summed E-state index contributed by atoms with van der Waals surface area (Å²) in [6, 6.07) is 8.25. The molecule has 0 spiro atoms. The van der Waals surface area contributed by atoms with Crippen molar-refractivity contribution in [3.8, 4) is 18.1 Å². The van der Waals surface area contributed by atoms with Crippen LogP contribution < -0.4 is 10.1 Å². The largest absolute Gasteiger partial charge is 0.481 e. The van der Waals surface area contributed by atoms with Crippen molar-refractivity contribution in [2.75, 3.05) is 13.7 Å². The molecular formula is C12H15NO. The topological polar surface area (TPSA) is 21.3 Å². The molecule has 0 bridgehead atoms. The smallest absolute Gasteiger partial charge is 0.148 e. The summed E-state index contributed by atoms with van der Waals surface area (Å²) in [5, 5.41) is 3.17. The van der Waals surface area contributed by atoms with Crippen LogP contribution in [0.15, 0.2) is 24.3 Å². The summed E-state index contributed by atoms with van der Waals surface area (Å²) >= 11 is 0. The Balaban J connectivity index is 2.74. The molecule has 1 unspecified atom stereocenters. The normalized spacial score (nSPS) is 11.8. The Bertz CT molecular complexity index is 327. The SMILES string of the molecule is C#CCOc1cccc(C(C)NC)c1. The molecule has 14 heavy (non-hydrogen) atoms. The molecule has 0 fully saturated rings. The van der Waals surface area contributed by atoms with Crippen molar-refractivity contribution < 1.29 is 4.74 Å². The fourth-order valence-corrected chi connectivity index (χ4v) is 1.17. The number of terminal acetylenes is 1. The van der Waals surface area contributed by atoms with E-state index in [1.165, 1.54) is 5.56 Å². The lowest BCUT2D eigenvalue weighted by atomic mass is 10.1. The summed E-state index contributed by atoms with van der Waals surface area (Å²) in [7, 11) is 1.93. The van der Waals surface area contributed by atoms with E-state index >= 15 is 0 Å². The number of nitrogens with one attached hydrogen (secondary N) is 1. The molecule has 0 aliphatic rings. The van der Waals surface area contributed by atoms with E-state index in [4.69, 9.17) is 11.2 Å². The lowest BCUT2D eigenvalue weighted by molar-refractivity contribution is 0.369. The zero-order valence-electron chi connectivity index (χ0n) is 8.58. The quantitative estimate of drug-likeness (QED) is 0.731. The first-order valence-corrected chi connectivity index (χ1v) is 4.61. The highest BCUT2D eigenvalue weighted by atomic mass is 16.5. The number of ether oxygens (including phenoxy) is 1. The molecule has 2 heteroatoms. The zero-order chi connectivity index (χ0) is 10.4. The van der Waals surface area contributed by atoms with Crippen LogP contribution in [0.2, 0.25) is 0 Å². The van der Waals surface area contributed by atoms with Crippen molar-refractivity contribution in [2.24, 2.45) is 0 Å². The molecule has 74 valence electrons. The second kappa shape index (κ2) is 5.31. The first-order valence-electron chi connectivity index (χ1n) is 4.61. The minimum absolute atomic E-state index is 0.317. The lowest BCUT2D eigenvalue weighted by Gasteiger charge is -2.11. The molecule has 1 aromatic rings. The minimum Gasteiger partial charge on any atom is -0.481 e. The molecule has 0 saturated heterocycles. The lowest BCUT2D eigenvalue weighted by Crippen LogP contribution is -2.12. The first-order chi connectivity index (χ1) is 6.77. The second-order valence-electron chi connectivity index (χ2n) is 3.08. The van der Waals surface area contributed by atoms with E-state index in [0.29, 0.717) is 12.6 Å². The van der Waals surface area contributed by atoms with Gasteiger partial charge in [0.2, 0.25) is 0 Å². The first kappa shape index (κ1) is 10.6. The van der Waals surface area contributed by atoms with Crippen LogP contribution in [0.1, 0.15) is 18.5 Å². The Kier molecular flexibility index (Phi) is 4.03. The molecule has 0 radical (unpaired) electrons. The molecule has 0 saturated carbocycles. The highest BCUT2D eigenvalue weighted by molar-refractivity contribution is 5.30. The molecular weight excluding hydrogens is 174 g/mol. The van der Waals surface area contributed by atoms with Crippen molar-refractivity contribution in [3.05, 3.63) is 29.8 Å². The van der Waals surface area contributed by atoms with E-state index in [1.54, 1.807) is 0 Å². The van der Waals surface area contributed by atoms with E-state index in [1.807, 2.05) is 25.2 Å². The predicted octanol–water partition coefficient (Wildman–Crippen LogP) is 1.98. The van der Waals surface area contributed by atoms with Crippen LogP contribution in [0.4, 0.5) is 0 Å². The summed E-state index contributed by atoms with van der Waals surface area (Å²) in [6.45, 7) is 2.41. The van der Waals surface area contributed by atoms with Gasteiger partial charge in [-0.2, -0.15) is 0 Å². The van der Waals surface area contributed by atoms with Gasteiger partial charge in [0, 0.05) is 6.04 Å². The fraction of sp³-hybridized carbons (Fsp3) is 0.333. The number of hydrogen-bond acceptors (Lipinski definition) is 2. The van der Waals surface area contributed by atoms with Crippen molar-refractivity contribution >= 4 is 0 Å². The maximum atomic E-state index is 5.33. The molecule has 0 aliphatic heterocycles. The minimum atomic E-state index is 0.317. The maximum Gasteiger partial charge on any atom is 0.148 e. The van der Waals surface area contributed by atoms with Gasteiger partial charge in [-0.25, -0.2) is 0 Å². The Hall–Kier alpha value is -1.46. The van der Waals surface area contributed by atoms with Crippen LogP contribution in [-0.4, -0.2) is 13.7 Å². The molecule has 0 aromatic heterocycles. The van der Waals surface area contributed by atoms with Crippen molar-refractivity contribution in [1.82, 2.24) is 5.32 Å². The van der Waals surface area contributed by atoms with Gasteiger partial charge in [-0.15, -0.1) is 6.42 Å². The zero-order valence-corrected chi connectivity index (χ0v) is 8.58. The Morgan fingerprint density at radius 2 is 2.36 bits per heavy atom. The molecule has 0 heterocycles. The monoisotopic (exact) mass is 189 g/mol. The third-order valence-corrected chi connectivity index (χ3v) is 2.11. The number of rotatable bonds is 4. The van der Waals surface area contributed by atoms with E-state index in [2.05, 4.69) is 24.2 Å². The molecule has 1 aromatic carbocycles. The van der Waals surface area contributed by atoms with E-state index in [-0.39, 0.29) is 0 Å². The summed E-state index contributed by atoms with van der Waals surface area (Å²) in [5.74, 6) is 3.26. The Morgan fingerprint density at radius 1 is 1.57 bits per heavy atom. The summed E-state index contributed by atoms with van der Waals surface area (Å²) < 4.78 is 5.33. The van der Waals surface area contributed by atoms with Crippen LogP contribution >= 0.6 is 0 Å². The van der Waals surface area contributed by atoms with Gasteiger partial charge >= 0.3 is 0 Å². The highest BCUT2D eigenvalue weighted by Gasteiger charge is 2.02. The number of hydrogen-bond donors (Lipinski definition) is 1. The Morgan fingerprint density at radius 3 is 3.00 bits per heavy atom. The summed E-state index contributed by atoms with van der Waals surface area (Å²) in [5.41, 5.74) is 1.20. The van der Waals surface area contributed by atoms with Gasteiger partial charge in [0.1, 0.15) is 12.4 Å². The van der Waals surface area contributed by atoms with Crippen LogP contribution in [0.5, 0.6) is 5.75 Å². The molecule has 1 atom stereocenters. The van der Waals surface area contributed by atoms with E-state index in [0.717, 1.165) is 5.75 Å². The van der Waals surface area contributed by atoms with Gasteiger partial charge in [0.25, 0.3) is 0 Å². The van der Waals surface area contributed by atoms with E-state index < -0.39 is 0 Å². The van der Waals surface area contributed by atoms with Gasteiger partial charge < -0.3 is 10.1 Å². The van der Waals surface area contributed by atoms with E-state index in [9.17, 15) is 0 Å². The summed E-state index contributed by atoms with van der Waals surface area (Å²) in [6.07, 6.45) is 5.11. The highest BCUT2D eigenvalue weighted by Crippen LogP contribution is 2.18. The predicted molar refractivity (Wildman–Crippen MR) is 58.2 cm³/mol. The average molecular weight is 189 g/mol. The van der Waals surface area contributed by atoms with Crippen LogP contribution in [0, 0.1) is 12.3 Å². The molecule has 0 amide bonds. The summed E-state index contributed by atoms with van der Waals surface area (Å²) in [4.78, 5) is 0. The maximum absolute atomic E-state index is 5.33. The average Bonchev–Trinajstić information content (AvgIpc) is 2.25. The number of benzene rings is 1. The Labute approximate surface area is 85.3 Å². The van der Waals surface area contributed by atoms with Gasteiger partial charge in [-0.3, -0.25) is 0 Å². The van der Waals surface area contributed by atoms with Gasteiger partial charge in [0.15, 0.2) is 0 Å². The van der Waals surface area contributed by atoms with Crippen molar-refractivity contribution in [1.29, 1.82) is 0 Å². The molecule has 2 nitrogen and oxygen atoms in total. The van der Waals surface area contributed by atoms with Crippen molar-refractivity contribution in [3.63, 3.8) is 0 Å². The van der Waals surface area contributed by atoms with Crippen molar-refractivity contribution in [2.45, 2.75) is 13.0 Å². The van der Waals surface area contributed by atoms with Crippen LogP contribution in [-0.2, 0) is 0 Å². The second-order valence-corrected chi connectivity index (χ2v) is 3.08. The standard InChI is InChI=1S/C12H15NO/c1-4-8-14-12-7-5-6-11(9-12)10(2)13-3/h1,5-7,9-10,13H,8H2,2-3H3. The molecule has 0 aliphatic carbocycles. The van der Waals surface area contributed by atoms with Crippen LogP contribution in [0.25, 0.3) is 0 Å².